The summed E-state index contributed by atoms with van der Waals surface area (Å²) in [6, 6.07) is 0. The van der Waals surface area contributed by atoms with Gasteiger partial charge in [0.1, 0.15) is 13.2 Å². The Morgan fingerprint density at radius 2 is 0.444 bits per heavy atom. The van der Waals surface area contributed by atoms with E-state index in [1.807, 2.05) is 0 Å². The summed E-state index contributed by atoms with van der Waals surface area (Å²) in [5.41, 5.74) is 0. The maximum atomic E-state index is 13.0. The van der Waals surface area contributed by atoms with Crippen molar-refractivity contribution in [2.75, 3.05) is 13.2 Å². The van der Waals surface area contributed by atoms with Crippen molar-refractivity contribution in [1.29, 1.82) is 0 Å². The van der Waals surface area contributed by atoms with Crippen molar-refractivity contribution in [3.8, 4) is 0 Å². The van der Waals surface area contributed by atoms with Gasteiger partial charge in [0.05, 0.1) is 0 Å². The maximum Gasteiger partial charge on any atom is 0.306 e. The molecule has 0 aromatic heterocycles. The highest BCUT2D eigenvalue weighted by Gasteiger charge is 2.19. The number of allylic oxidation sites excluding steroid dienone is 6. The number of carbonyl (C=O) groups excluding carboxylic acids is 3. The second-order valence-corrected chi connectivity index (χ2v) is 24.9. The van der Waals surface area contributed by atoms with Gasteiger partial charge < -0.3 is 14.2 Å². The van der Waals surface area contributed by atoms with E-state index in [9.17, 15) is 14.4 Å². The number of esters is 3. The lowest BCUT2D eigenvalue weighted by Crippen LogP contribution is -2.30. The maximum absolute atomic E-state index is 13.0. The van der Waals surface area contributed by atoms with Crippen LogP contribution in [-0.2, 0) is 28.6 Å². The van der Waals surface area contributed by atoms with Crippen LogP contribution in [0.4, 0.5) is 0 Å². The van der Waals surface area contributed by atoms with Crippen LogP contribution in [0.3, 0.4) is 0 Å². The summed E-state index contributed by atoms with van der Waals surface area (Å²) in [5, 5.41) is 0. The molecule has 0 saturated heterocycles. The number of rotatable bonds is 68. The number of unbranched alkanes of at least 4 members (excludes halogenated alkanes) is 51. The summed E-state index contributed by atoms with van der Waals surface area (Å²) < 4.78 is 17.0. The molecule has 0 radical (unpaired) electrons. The van der Waals surface area contributed by atoms with E-state index >= 15 is 0 Å². The fourth-order valence-corrected chi connectivity index (χ4v) is 11.2. The first kappa shape index (κ1) is 78.6. The highest BCUT2D eigenvalue weighted by Crippen LogP contribution is 2.19. The van der Waals surface area contributed by atoms with Gasteiger partial charge in [-0.1, -0.05) is 365 Å². The third-order valence-corrected chi connectivity index (χ3v) is 16.6. The highest BCUT2D eigenvalue weighted by atomic mass is 16.6. The standard InChI is InChI=1S/C75H140O6/c1-4-7-10-13-16-19-22-25-28-31-34-35-36-37-38-39-42-44-47-50-53-56-59-62-65-68-74(77)80-71-72(81-75(78)69-66-63-60-57-54-51-48-45-41-33-30-27-24-21-18-15-12-9-6-3)70-79-73(76)67-64-61-58-55-52-49-46-43-40-32-29-26-23-20-17-14-11-8-5-2/h22,25,31,34,36-37,72H,4-21,23-24,26-30,32-33,35,38-71H2,1-3H3/b25-22-,34-31-,37-36-. The van der Waals surface area contributed by atoms with E-state index in [4.69, 9.17) is 14.2 Å². The lowest BCUT2D eigenvalue weighted by atomic mass is 10.0. The summed E-state index contributed by atoms with van der Waals surface area (Å²) in [6.45, 7) is 6.72. The molecule has 6 heteroatoms. The van der Waals surface area contributed by atoms with Gasteiger partial charge in [0.2, 0.25) is 0 Å². The van der Waals surface area contributed by atoms with Gasteiger partial charge in [0.25, 0.3) is 0 Å². The van der Waals surface area contributed by atoms with Crippen molar-refractivity contribution in [2.24, 2.45) is 0 Å². The van der Waals surface area contributed by atoms with Crippen LogP contribution >= 0.6 is 0 Å². The van der Waals surface area contributed by atoms with E-state index < -0.39 is 6.10 Å². The monoisotopic (exact) mass is 1140 g/mol. The van der Waals surface area contributed by atoms with Crippen molar-refractivity contribution in [3.05, 3.63) is 36.5 Å². The van der Waals surface area contributed by atoms with Crippen LogP contribution in [0.1, 0.15) is 406 Å². The van der Waals surface area contributed by atoms with Crippen LogP contribution in [-0.4, -0.2) is 37.2 Å². The first-order valence-corrected chi connectivity index (χ1v) is 36.5. The molecule has 0 aliphatic rings. The Balaban J connectivity index is 4.30. The average Bonchev–Trinajstić information content (AvgIpc) is 3.47. The average molecular weight is 1140 g/mol. The predicted octanol–water partition coefficient (Wildman–Crippen LogP) is 25.1. The zero-order valence-electron chi connectivity index (χ0n) is 54.8. The molecule has 1 atom stereocenters. The minimum absolute atomic E-state index is 0.0666. The Morgan fingerprint density at radius 3 is 0.691 bits per heavy atom. The Bertz CT molecular complexity index is 1350. The molecule has 0 N–H and O–H groups in total. The first-order valence-electron chi connectivity index (χ1n) is 36.5. The second kappa shape index (κ2) is 70.1. The number of hydrogen-bond donors (Lipinski definition) is 0. The van der Waals surface area contributed by atoms with Crippen LogP contribution in [0.15, 0.2) is 36.5 Å². The van der Waals surface area contributed by atoms with Crippen molar-refractivity contribution in [1.82, 2.24) is 0 Å². The third kappa shape index (κ3) is 68.3. The molecule has 0 heterocycles. The molecule has 1 unspecified atom stereocenters. The Kier molecular flexibility index (Phi) is 68.1. The zero-order chi connectivity index (χ0) is 58.5. The second-order valence-electron chi connectivity index (χ2n) is 24.9. The lowest BCUT2D eigenvalue weighted by molar-refractivity contribution is -0.167. The molecule has 0 aromatic carbocycles. The zero-order valence-corrected chi connectivity index (χ0v) is 54.8. The van der Waals surface area contributed by atoms with Crippen LogP contribution in [0, 0.1) is 0 Å². The van der Waals surface area contributed by atoms with E-state index in [1.165, 1.54) is 295 Å². The number of hydrogen-bond acceptors (Lipinski definition) is 6. The lowest BCUT2D eigenvalue weighted by Gasteiger charge is -2.18. The summed E-state index contributed by atoms with van der Waals surface area (Å²) >= 11 is 0. The Morgan fingerprint density at radius 1 is 0.247 bits per heavy atom. The van der Waals surface area contributed by atoms with Crippen molar-refractivity contribution >= 4 is 17.9 Å². The van der Waals surface area contributed by atoms with Crippen LogP contribution < -0.4 is 0 Å². The molecule has 0 saturated carbocycles. The van der Waals surface area contributed by atoms with E-state index in [2.05, 4.69) is 57.2 Å². The van der Waals surface area contributed by atoms with E-state index in [-0.39, 0.29) is 31.1 Å². The van der Waals surface area contributed by atoms with E-state index in [0.717, 1.165) is 70.6 Å². The fourth-order valence-electron chi connectivity index (χ4n) is 11.2. The third-order valence-electron chi connectivity index (χ3n) is 16.6. The topological polar surface area (TPSA) is 78.9 Å². The van der Waals surface area contributed by atoms with Gasteiger partial charge in [-0.25, -0.2) is 0 Å². The Labute approximate surface area is 506 Å². The quantitative estimate of drug-likeness (QED) is 0.0261. The minimum Gasteiger partial charge on any atom is -0.462 e. The minimum atomic E-state index is -0.771. The van der Waals surface area contributed by atoms with Gasteiger partial charge in [-0.15, -0.1) is 0 Å². The Hall–Kier alpha value is -2.37. The van der Waals surface area contributed by atoms with Gasteiger partial charge in [0.15, 0.2) is 6.10 Å². The van der Waals surface area contributed by atoms with Crippen LogP contribution in [0.2, 0.25) is 0 Å². The first-order chi connectivity index (χ1) is 40.0. The molecular formula is C75H140O6. The van der Waals surface area contributed by atoms with Crippen molar-refractivity contribution in [2.45, 2.75) is 412 Å². The summed E-state index contributed by atoms with van der Waals surface area (Å²) in [4.78, 5) is 38.5. The largest absolute Gasteiger partial charge is 0.462 e. The summed E-state index contributed by atoms with van der Waals surface area (Å²) in [6.07, 6.45) is 87.4. The summed E-state index contributed by atoms with van der Waals surface area (Å²) in [7, 11) is 0. The smallest absolute Gasteiger partial charge is 0.306 e. The molecule has 0 aliphatic carbocycles. The molecule has 0 spiro atoms. The van der Waals surface area contributed by atoms with E-state index in [1.54, 1.807) is 0 Å². The van der Waals surface area contributed by atoms with Gasteiger partial charge >= 0.3 is 17.9 Å². The van der Waals surface area contributed by atoms with Crippen LogP contribution in [0.5, 0.6) is 0 Å². The molecule has 0 fully saturated rings. The van der Waals surface area contributed by atoms with Crippen molar-refractivity contribution in [3.63, 3.8) is 0 Å². The van der Waals surface area contributed by atoms with Crippen LogP contribution in [0.25, 0.3) is 0 Å². The molecule has 0 aliphatic heterocycles. The van der Waals surface area contributed by atoms with E-state index in [0.29, 0.717) is 19.3 Å². The highest BCUT2D eigenvalue weighted by molar-refractivity contribution is 5.71. The normalized spacial score (nSPS) is 12.2. The molecule has 476 valence electrons. The van der Waals surface area contributed by atoms with Gasteiger partial charge in [0, 0.05) is 19.3 Å². The molecular weight excluding hydrogens is 997 g/mol. The predicted molar refractivity (Wildman–Crippen MR) is 353 cm³/mol. The van der Waals surface area contributed by atoms with Gasteiger partial charge in [-0.3, -0.25) is 14.4 Å². The molecule has 6 nitrogen and oxygen atoms in total. The fraction of sp³-hybridized carbons (Fsp3) is 0.880. The molecule has 0 bridgehead atoms. The molecule has 0 aromatic rings. The van der Waals surface area contributed by atoms with Gasteiger partial charge in [-0.2, -0.15) is 0 Å². The van der Waals surface area contributed by atoms with Gasteiger partial charge in [-0.05, 0) is 57.8 Å². The van der Waals surface area contributed by atoms with Crippen molar-refractivity contribution < 1.29 is 28.6 Å². The number of carbonyl (C=O) groups is 3. The molecule has 0 amide bonds. The summed E-state index contributed by atoms with van der Waals surface area (Å²) in [5.74, 6) is -0.836. The number of ether oxygens (including phenoxy) is 3. The molecule has 0 rings (SSSR count). The SMILES string of the molecule is CCCCCCC/C=C\C/C=C\C/C=C\CCCCCCCCCCCCC(=O)OCC(COC(=O)CCCCCCCCCCCCCCCCCCCCC)OC(=O)CCCCCCCCCCCCCCCCCCCCC. The molecule has 81 heavy (non-hydrogen) atoms.